The fourth-order valence-corrected chi connectivity index (χ4v) is 12.8. The van der Waals surface area contributed by atoms with E-state index in [1.165, 1.54) is 57.5 Å². The van der Waals surface area contributed by atoms with Crippen molar-refractivity contribution in [1.29, 1.82) is 0 Å². The summed E-state index contributed by atoms with van der Waals surface area (Å²) in [6, 6.07) is 11.6. The van der Waals surface area contributed by atoms with E-state index in [1.807, 2.05) is 0 Å². The number of hydrogen-bond donors (Lipinski definition) is 6. The Bertz CT molecular complexity index is 3210. The molecule has 3 aliphatic heterocycles. The van der Waals surface area contributed by atoms with E-state index < -0.39 is 102 Å². The number of nitrogens with zero attached hydrogens (tertiary/aromatic N) is 9. The number of rotatable bonds is 9. The number of carbonyl (C=O) groups is 3. The van der Waals surface area contributed by atoms with Crippen molar-refractivity contribution in [3.8, 4) is 0 Å². The first-order valence-electron chi connectivity index (χ1n) is 23.0. The third-order valence-corrected chi connectivity index (χ3v) is 18.5. The lowest BCUT2D eigenvalue weighted by Crippen LogP contribution is -2.56. The summed E-state index contributed by atoms with van der Waals surface area (Å²) in [6.07, 6.45) is 5.27. The lowest BCUT2D eigenvalue weighted by atomic mass is 10.0. The van der Waals surface area contributed by atoms with Crippen LogP contribution in [0.25, 0.3) is 0 Å². The Balaban J connectivity index is 0.000000257. The highest BCUT2D eigenvalue weighted by molar-refractivity contribution is 7.87. The summed E-state index contributed by atoms with van der Waals surface area (Å²) in [7, 11) is -2.53. The van der Waals surface area contributed by atoms with Crippen LogP contribution in [0.15, 0.2) is 91.4 Å². The molecule has 0 radical (unpaired) electrons. The van der Waals surface area contributed by atoms with Crippen molar-refractivity contribution in [2.24, 2.45) is 21.1 Å². The van der Waals surface area contributed by atoms with Crippen LogP contribution in [0.1, 0.15) is 76.7 Å². The number of halogens is 6. The van der Waals surface area contributed by atoms with Crippen LogP contribution in [0.2, 0.25) is 15.1 Å². The molecule has 444 valence electrons. The zero-order valence-corrected chi connectivity index (χ0v) is 46.7. The minimum absolute atomic E-state index is 0. The molecule has 3 amide bonds. The first kappa shape index (κ1) is 67.5. The molecule has 3 saturated heterocycles. The molecule has 0 saturated carbocycles. The van der Waals surface area contributed by atoms with Gasteiger partial charge >= 0.3 is 0 Å². The summed E-state index contributed by atoms with van der Waals surface area (Å²) in [6.45, 7) is 0. The molecule has 6 N–H and O–H groups in total. The van der Waals surface area contributed by atoms with E-state index in [2.05, 4.69) is 45.4 Å². The lowest BCUT2D eigenvalue weighted by molar-refractivity contribution is -0.120. The summed E-state index contributed by atoms with van der Waals surface area (Å²) < 4.78 is 129. The van der Waals surface area contributed by atoms with Crippen molar-refractivity contribution in [3.63, 3.8) is 0 Å². The highest BCUT2D eigenvalue weighted by Crippen LogP contribution is 2.32. The maximum absolute atomic E-state index is 13.3. The van der Waals surface area contributed by atoms with Gasteiger partial charge in [0.15, 0.2) is 0 Å². The van der Waals surface area contributed by atoms with Gasteiger partial charge in [0.05, 0.1) is 50.3 Å². The Kier molecular flexibility index (Phi) is 22.8. The van der Waals surface area contributed by atoms with Gasteiger partial charge in [0.1, 0.15) is 35.6 Å². The van der Waals surface area contributed by atoms with Gasteiger partial charge in [-0.2, -0.15) is 67.6 Å². The van der Waals surface area contributed by atoms with Gasteiger partial charge < -0.3 is 16.0 Å². The molecule has 9 rings (SSSR count). The number of likely N-dealkylation sites (N-methyl/N-ethyl adjacent to an activating group) is 3. The fourth-order valence-electron chi connectivity index (χ4n) is 8.49. The number of nitrogens with one attached hydrogen (secondary N) is 6. The summed E-state index contributed by atoms with van der Waals surface area (Å²) in [5.74, 6) is -3.43. The summed E-state index contributed by atoms with van der Waals surface area (Å²) in [4.78, 5) is 38.0. The van der Waals surface area contributed by atoms with Crippen LogP contribution >= 0.6 is 34.8 Å². The summed E-state index contributed by atoms with van der Waals surface area (Å²) in [5.41, 5.74) is 2.77. The van der Waals surface area contributed by atoms with E-state index in [-0.39, 0.29) is 73.7 Å². The van der Waals surface area contributed by atoms with Gasteiger partial charge in [-0.15, -0.1) is 0 Å². The number of aromatic nitrogens is 6. The van der Waals surface area contributed by atoms with Crippen molar-refractivity contribution < 1.29 is 52.8 Å². The van der Waals surface area contributed by atoms with Crippen LogP contribution in [-0.2, 0) is 66.2 Å². The van der Waals surface area contributed by atoms with Crippen LogP contribution in [0.3, 0.4) is 0 Å². The third kappa shape index (κ3) is 15.7. The second-order valence-electron chi connectivity index (χ2n) is 17.8. The standard InChI is InChI=1S/3C15H17ClFN5O3S.3CH4/c3*1-21-13(5-6-18-21)12-8-14(22(2)26(24,25)20-12)15(23)19-9-3-4-11(17)10(16)7-9;;;/h3*3-7,12,14,20H,8H2,1-2H3,(H,19,23);3*1H4/t2*12-,14+;;;;/m10..../s1. The number of aryl methyl sites for hydroxylation is 3. The summed E-state index contributed by atoms with van der Waals surface area (Å²) in [5, 5.41) is 19.4. The normalized spacial score (nSPS) is 22.1. The Morgan fingerprint density at radius 2 is 0.691 bits per heavy atom. The zero-order chi connectivity index (χ0) is 57.2. The highest BCUT2D eigenvalue weighted by Gasteiger charge is 2.44. The van der Waals surface area contributed by atoms with Gasteiger partial charge in [-0.25, -0.2) is 13.2 Å². The van der Waals surface area contributed by atoms with Gasteiger partial charge in [-0.3, -0.25) is 28.4 Å². The maximum atomic E-state index is 13.3. The average Bonchev–Trinajstić information content (AvgIpc) is 4.15. The quantitative estimate of drug-likeness (QED) is 0.0944. The predicted molar refractivity (Wildman–Crippen MR) is 303 cm³/mol. The number of carbonyl (C=O) groups excluding carboxylic acids is 3. The molecule has 0 aliphatic carbocycles. The van der Waals surface area contributed by atoms with Gasteiger partial charge in [-0.1, -0.05) is 57.1 Å². The van der Waals surface area contributed by atoms with Crippen LogP contribution in [0.5, 0.6) is 0 Å². The zero-order valence-electron chi connectivity index (χ0n) is 41.9. The molecule has 6 atom stereocenters. The molecule has 33 heteroatoms. The highest BCUT2D eigenvalue weighted by atomic mass is 35.5. The van der Waals surface area contributed by atoms with Gasteiger partial charge in [0, 0.05) is 77.9 Å². The molecule has 3 fully saturated rings. The molecule has 0 spiro atoms. The van der Waals surface area contributed by atoms with E-state index in [9.17, 15) is 52.8 Å². The molecule has 24 nitrogen and oxygen atoms in total. The Labute approximate surface area is 483 Å². The Morgan fingerprint density at radius 3 is 0.889 bits per heavy atom. The molecule has 3 aromatic heterocycles. The van der Waals surface area contributed by atoms with Crippen molar-refractivity contribution in [1.82, 2.24) is 56.4 Å². The minimum Gasteiger partial charge on any atom is -0.325 e. The SMILES string of the molecule is C.C.C.CN1C(C(=O)Nc2ccc(F)c(Cl)c2)CC(c2ccnn2C)NS1(=O)=O.CN1[C@@H](C(=O)Nc2ccc(F)c(Cl)c2)C[C@@H](c2ccnn2C)NS1(=O)=O.CN1[C@H](C(=O)Nc2ccc(F)c(Cl)c2)C[C@H](c2ccnn2C)NS1(=O)=O. The van der Waals surface area contributed by atoms with E-state index in [4.69, 9.17) is 34.8 Å². The van der Waals surface area contributed by atoms with Crippen molar-refractivity contribution in [3.05, 3.63) is 141 Å². The molecule has 0 bridgehead atoms. The van der Waals surface area contributed by atoms with Crippen LogP contribution in [0, 0.1) is 17.5 Å². The van der Waals surface area contributed by atoms with Crippen LogP contribution < -0.4 is 30.1 Å². The number of anilines is 3. The number of amides is 3. The van der Waals surface area contributed by atoms with Crippen LogP contribution in [-0.4, -0.2) is 125 Å². The van der Waals surface area contributed by atoms with Gasteiger partial charge in [-0.05, 0) is 92.1 Å². The smallest absolute Gasteiger partial charge is 0.280 e. The molecule has 3 aliphatic rings. The van der Waals surface area contributed by atoms with E-state index in [1.54, 1.807) is 72.0 Å². The molecule has 2 unspecified atom stereocenters. The van der Waals surface area contributed by atoms with Gasteiger partial charge in [0.25, 0.3) is 30.6 Å². The number of hydrogen-bond acceptors (Lipinski definition) is 12. The second kappa shape index (κ2) is 27.4. The molecule has 6 heterocycles. The molecular weight excluding hydrogens is 1190 g/mol. The fraction of sp³-hybridized carbons (Fsp3) is 0.375. The maximum Gasteiger partial charge on any atom is 0.280 e. The molecule has 81 heavy (non-hydrogen) atoms. The molecular formula is C48H63Cl3F3N15O9S3. The average molecular weight is 1250 g/mol. The lowest BCUT2D eigenvalue weighted by Gasteiger charge is -2.36. The monoisotopic (exact) mass is 1250 g/mol. The van der Waals surface area contributed by atoms with Gasteiger partial charge in [0.2, 0.25) is 17.7 Å². The van der Waals surface area contributed by atoms with E-state index in [0.717, 1.165) is 31.1 Å². The van der Waals surface area contributed by atoms with Crippen LogP contribution in [0.4, 0.5) is 30.2 Å². The molecule has 3 aromatic carbocycles. The van der Waals surface area contributed by atoms with E-state index in [0.29, 0.717) is 17.1 Å². The Morgan fingerprint density at radius 1 is 0.457 bits per heavy atom. The van der Waals surface area contributed by atoms with Crippen molar-refractivity contribution in [2.45, 2.75) is 77.8 Å². The number of benzene rings is 3. The predicted octanol–water partition coefficient (Wildman–Crippen LogP) is 6.20. The topological polar surface area (TPSA) is 289 Å². The minimum atomic E-state index is -3.86. The van der Waals surface area contributed by atoms with Crippen molar-refractivity contribution in [2.75, 3.05) is 37.1 Å². The van der Waals surface area contributed by atoms with Crippen molar-refractivity contribution >= 4 is 100 Å². The second-order valence-corrected chi connectivity index (χ2v) is 24.3. The first-order valence-corrected chi connectivity index (χ1v) is 28.5. The largest absolute Gasteiger partial charge is 0.325 e. The first-order chi connectivity index (χ1) is 36.6. The summed E-state index contributed by atoms with van der Waals surface area (Å²) >= 11 is 17.1. The third-order valence-electron chi connectivity index (χ3n) is 12.8. The Hall–Kier alpha value is -6.03. The van der Waals surface area contributed by atoms with E-state index >= 15 is 0 Å². The molecule has 6 aromatic rings.